The van der Waals surface area contributed by atoms with Crippen LogP contribution in [0.5, 0.6) is 5.75 Å². The van der Waals surface area contributed by atoms with Crippen LogP contribution in [0.1, 0.15) is 21.6 Å². The van der Waals surface area contributed by atoms with Crippen molar-refractivity contribution in [2.75, 3.05) is 16.6 Å². The van der Waals surface area contributed by atoms with Crippen LogP contribution in [-0.4, -0.2) is 41.8 Å². The van der Waals surface area contributed by atoms with Crippen molar-refractivity contribution in [3.63, 3.8) is 0 Å². The van der Waals surface area contributed by atoms with E-state index >= 15 is 0 Å². The Morgan fingerprint density at radius 2 is 1.89 bits per heavy atom. The average molecular weight is 561 g/mol. The van der Waals surface area contributed by atoms with Crippen LogP contribution in [0.15, 0.2) is 48.9 Å². The van der Waals surface area contributed by atoms with Crippen LogP contribution < -0.4 is 20.1 Å². The zero-order chi connectivity index (χ0) is 26.2. The van der Waals surface area contributed by atoms with Gasteiger partial charge >= 0.3 is 0 Å². The lowest BCUT2D eigenvalue weighted by atomic mass is 10.1. The number of carbonyl (C=O) groups excluding carboxylic acids is 2. The summed E-state index contributed by atoms with van der Waals surface area (Å²) >= 11 is 11.9. The third-order valence-electron chi connectivity index (χ3n) is 5.41. The fraction of sp³-hybridized carbons (Fsp3) is 0.130. The van der Waals surface area contributed by atoms with Crippen molar-refractivity contribution in [3.05, 3.63) is 75.8 Å². The number of hydrogen-bond donors (Lipinski definition) is 4. The molecule has 2 aromatic carbocycles. The Morgan fingerprint density at radius 1 is 1.08 bits per heavy atom. The molecule has 0 fully saturated rings. The number of halogens is 2. The minimum absolute atomic E-state index is 0.0366. The van der Waals surface area contributed by atoms with Crippen molar-refractivity contribution < 1.29 is 22.7 Å². The number of hydrogen-bond acceptors (Lipinski definition) is 7. The fourth-order valence-electron chi connectivity index (χ4n) is 3.75. The van der Waals surface area contributed by atoms with Gasteiger partial charge in [-0.3, -0.25) is 14.3 Å². The normalized spacial score (nSPS) is 13.0. The highest BCUT2D eigenvalue weighted by atomic mass is 35.5. The second-order valence-corrected chi connectivity index (χ2v) is 10.6. The first-order chi connectivity index (χ1) is 17.7. The molecule has 190 valence electrons. The minimum atomic E-state index is -3.84. The van der Waals surface area contributed by atoms with Crippen LogP contribution in [0.3, 0.4) is 0 Å². The van der Waals surface area contributed by atoms with Gasteiger partial charge in [-0.15, -0.1) is 0 Å². The van der Waals surface area contributed by atoms with E-state index < -0.39 is 15.9 Å². The van der Waals surface area contributed by atoms with E-state index in [0.29, 0.717) is 22.0 Å². The van der Waals surface area contributed by atoms with Gasteiger partial charge in [-0.2, -0.15) is 0 Å². The number of amides is 2. The van der Waals surface area contributed by atoms with Gasteiger partial charge in [0.2, 0.25) is 10.0 Å². The number of fused-ring (bicyclic) bond motifs is 2. The predicted molar refractivity (Wildman–Crippen MR) is 138 cm³/mol. The highest BCUT2D eigenvalue weighted by Gasteiger charge is 2.21. The van der Waals surface area contributed by atoms with E-state index in [9.17, 15) is 18.0 Å². The zero-order valence-corrected chi connectivity index (χ0v) is 21.2. The number of aromatic amines is 1. The number of rotatable bonds is 7. The summed E-state index contributed by atoms with van der Waals surface area (Å²) in [7, 11) is -3.84. The summed E-state index contributed by atoms with van der Waals surface area (Å²) < 4.78 is 33.3. The van der Waals surface area contributed by atoms with Gasteiger partial charge in [0.05, 0.1) is 32.7 Å². The first-order valence-electron chi connectivity index (χ1n) is 10.8. The Labute approximate surface area is 220 Å². The standard InChI is InChI=1S/C23H18Cl2N6O5S/c24-14-3-1-13(5-15(14)25)10-37(34,35)31-17-8-26-21-20(17)28-11-29-22(21)23(33)27-7-12-2-4-18-16(6-12)30-19(32)9-36-18/h1-6,8,11,26,31H,7,9-10H2,(H,27,33)(H,30,32). The van der Waals surface area contributed by atoms with Gasteiger partial charge < -0.3 is 20.4 Å². The maximum atomic E-state index is 12.9. The summed E-state index contributed by atoms with van der Waals surface area (Å²) in [4.78, 5) is 35.5. The minimum Gasteiger partial charge on any atom is -0.482 e. The molecular formula is C23H18Cl2N6O5S. The summed E-state index contributed by atoms with van der Waals surface area (Å²) in [5, 5.41) is 6.05. The van der Waals surface area contributed by atoms with Crippen LogP contribution in [0.4, 0.5) is 11.4 Å². The molecule has 4 aromatic rings. The Morgan fingerprint density at radius 3 is 2.70 bits per heavy atom. The number of ether oxygens (including phenoxy) is 1. The van der Waals surface area contributed by atoms with Crippen LogP contribution in [0.25, 0.3) is 11.0 Å². The lowest BCUT2D eigenvalue weighted by molar-refractivity contribution is -0.118. The molecule has 11 nitrogen and oxygen atoms in total. The largest absolute Gasteiger partial charge is 0.482 e. The van der Waals surface area contributed by atoms with Crippen LogP contribution >= 0.6 is 23.2 Å². The molecule has 1 aliphatic rings. The van der Waals surface area contributed by atoms with Gasteiger partial charge in [0.1, 0.15) is 17.6 Å². The van der Waals surface area contributed by atoms with Gasteiger partial charge in [-0.05, 0) is 35.4 Å². The lowest BCUT2D eigenvalue weighted by Crippen LogP contribution is -2.26. The molecule has 2 aromatic heterocycles. The highest BCUT2D eigenvalue weighted by Crippen LogP contribution is 2.29. The number of anilines is 2. The molecule has 5 rings (SSSR count). The summed E-state index contributed by atoms with van der Waals surface area (Å²) in [6.07, 6.45) is 2.57. The molecule has 0 radical (unpaired) electrons. The molecule has 0 bridgehead atoms. The number of nitrogens with zero attached hydrogens (tertiary/aromatic N) is 2. The summed E-state index contributed by atoms with van der Waals surface area (Å²) in [5.74, 6) is -0.557. The molecule has 0 aliphatic carbocycles. The monoisotopic (exact) mass is 560 g/mol. The van der Waals surface area contributed by atoms with Crippen LogP contribution in [0.2, 0.25) is 10.0 Å². The van der Waals surface area contributed by atoms with Crippen molar-refractivity contribution in [1.82, 2.24) is 20.3 Å². The second-order valence-electron chi connectivity index (χ2n) is 8.11. The van der Waals surface area contributed by atoms with Gasteiger partial charge in [0.15, 0.2) is 12.3 Å². The quantitative estimate of drug-likeness (QED) is 0.269. The van der Waals surface area contributed by atoms with Crippen molar-refractivity contribution in [2.45, 2.75) is 12.3 Å². The molecule has 14 heteroatoms. The van der Waals surface area contributed by atoms with Crippen molar-refractivity contribution in [3.8, 4) is 5.75 Å². The van der Waals surface area contributed by atoms with Gasteiger partial charge in [0.25, 0.3) is 11.8 Å². The van der Waals surface area contributed by atoms with E-state index in [1.807, 2.05) is 0 Å². The summed E-state index contributed by atoms with van der Waals surface area (Å²) in [6.45, 7) is 0.105. The highest BCUT2D eigenvalue weighted by molar-refractivity contribution is 7.91. The van der Waals surface area contributed by atoms with Gasteiger partial charge in [0, 0.05) is 12.7 Å². The maximum Gasteiger partial charge on any atom is 0.272 e. The van der Waals surface area contributed by atoms with E-state index in [2.05, 4.69) is 30.3 Å². The number of sulfonamides is 1. The Hall–Kier alpha value is -3.87. The lowest BCUT2D eigenvalue weighted by Gasteiger charge is -2.18. The van der Waals surface area contributed by atoms with Crippen LogP contribution in [0, 0.1) is 0 Å². The van der Waals surface area contributed by atoms with E-state index in [0.717, 1.165) is 5.56 Å². The van der Waals surface area contributed by atoms with E-state index in [-0.39, 0.29) is 52.2 Å². The molecule has 0 atom stereocenters. The van der Waals surface area contributed by atoms with Gasteiger partial charge in [-0.1, -0.05) is 35.3 Å². The summed E-state index contributed by atoms with van der Waals surface area (Å²) in [6, 6.07) is 9.75. The molecule has 37 heavy (non-hydrogen) atoms. The Bertz CT molecular complexity index is 1660. The molecular weight excluding hydrogens is 543 g/mol. The molecule has 4 N–H and O–H groups in total. The fourth-order valence-corrected chi connectivity index (χ4v) is 5.25. The molecule has 1 aliphatic heterocycles. The van der Waals surface area contributed by atoms with E-state index in [1.165, 1.54) is 24.7 Å². The van der Waals surface area contributed by atoms with E-state index in [4.69, 9.17) is 27.9 Å². The number of H-pyrrole nitrogens is 1. The second kappa shape index (κ2) is 9.88. The SMILES string of the molecule is O=C1COc2ccc(CNC(=O)c3ncnc4c(NS(=O)(=O)Cc5ccc(Cl)c(Cl)c5)c[nH]c34)cc2N1. The number of carbonyl (C=O) groups is 2. The maximum absolute atomic E-state index is 12.9. The molecule has 0 spiro atoms. The smallest absolute Gasteiger partial charge is 0.272 e. The summed E-state index contributed by atoms with van der Waals surface area (Å²) in [5.41, 5.74) is 2.39. The molecule has 0 saturated carbocycles. The number of nitrogens with one attached hydrogen (secondary N) is 4. The molecule has 0 saturated heterocycles. The first-order valence-corrected chi connectivity index (χ1v) is 13.2. The van der Waals surface area contributed by atoms with Crippen molar-refractivity contribution in [1.29, 1.82) is 0 Å². The van der Waals surface area contributed by atoms with E-state index in [1.54, 1.807) is 24.3 Å². The zero-order valence-electron chi connectivity index (χ0n) is 18.8. The van der Waals surface area contributed by atoms with Gasteiger partial charge in [-0.25, -0.2) is 18.4 Å². The topological polar surface area (TPSA) is 155 Å². The molecule has 2 amide bonds. The third-order valence-corrected chi connectivity index (χ3v) is 7.40. The Balaban J connectivity index is 1.31. The predicted octanol–water partition coefficient (Wildman–Crippen LogP) is 3.47. The molecule has 3 heterocycles. The molecule has 0 unspecified atom stereocenters. The third kappa shape index (κ3) is 5.45. The Kier molecular flexibility index (Phi) is 6.63. The van der Waals surface area contributed by atoms with Crippen LogP contribution in [-0.2, 0) is 27.1 Å². The van der Waals surface area contributed by atoms with Crippen molar-refractivity contribution in [2.24, 2.45) is 0 Å². The average Bonchev–Trinajstić information content (AvgIpc) is 3.26. The number of benzene rings is 2. The number of aromatic nitrogens is 3. The first kappa shape index (κ1) is 24.8. The van der Waals surface area contributed by atoms with Crippen molar-refractivity contribution >= 4 is 67.4 Å².